The van der Waals surface area contributed by atoms with Crippen LogP contribution in [-0.2, 0) is 4.79 Å². The largest absolute Gasteiger partial charge is 0.342 e. The number of hydrogen-bond donors (Lipinski definition) is 0. The van der Waals surface area contributed by atoms with Gasteiger partial charge in [-0.2, -0.15) is 0 Å². The van der Waals surface area contributed by atoms with Gasteiger partial charge in [-0.15, -0.1) is 11.6 Å². The van der Waals surface area contributed by atoms with Gasteiger partial charge in [0, 0.05) is 25.4 Å². The Morgan fingerprint density at radius 2 is 2.14 bits per heavy atom. The van der Waals surface area contributed by atoms with Crippen molar-refractivity contribution in [1.29, 1.82) is 0 Å². The van der Waals surface area contributed by atoms with Crippen LogP contribution in [0.15, 0.2) is 0 Å². The molecule has 1 saturated heterocycles. The van der Waals surface area contributed by atoms with Gasteiger partial charge in [0.2, 0.25) is 5.91 Å². The van der Waals surface area contributed by atoms with Gasteiger partial charge < -0.3 is 4.90 Å². The number of likely N-dealkylation sites (tertiary alicyclic amines) is 1. The third-order valence-corrected chi connectivity index (χ3v) is 3.26. The van der Waals surface area contributed by atoms with Crippen LogP contribution >= 0.6 is 11.6 Å². The molecule has 0 saturated carbocycles. The molecule has 82 valence electrons. The van der Waals surface area contributed by atoms with Crippen molar-refractivity contribution in [3.8, 4) is 0 Å². The van der Waals surface area contributed by atoms with E-state index in [9.17, 15) is 4.79 Å². The molecule has 0 aromatic rings. The van der Waals surface area contributed by atoms with Gasteiger partial charge in [0.15, 0.2) is 0 Å². The number of hydrogen-bond acceptors (Lipinski definition) is 1. The van der Waals surface area contributed by atoms with Crippen LogP contribution in [0, 0.1) is 11.3 Å². The van der Waals surface area contributed by atoms with Gasteiger partial charge in [-0.1, -0.05) is 20.8 Å². The van der Waals surface area contributed by atoms with Crippen molar-refractivity contribution in [2.75, 3.05) is 19.0 Å². The number of halogens is 1. The molecule has 0 aromatic carbocycles. The smallest absolute Gasteiger partial charge is 0.223 e. The summed E-state index contributed by atoms with van der Waals surface area (Å²) < 4.78 is 0. The minimum Gasteiger partial charge on any atom is -0.342 e. The zero-order valence-electron chi connectivity index (χ0n) is 9.35. The molecular weight excluding hydrogens is 198 g/mol. The van der Waals surface area contributed by atoms with E-state index in [2.05, 4.69) is 20.8 Å². The predicted molar refractivity (Wildman–Crippen MR) is 59.5 cm³/mol. The minimum absolute atomic E-state index is 0.215. The summed E-state index contributed by atoms with van der Waals surface area (Å²) in [6.45, 7) is 8.56. The summed E-state index contributed by atoms with van der Waals surface area (Å²) in [6, 6.07) is 0. The lowest BCUT2D eigenvalue weighted by Crippen LogP contribution is -2.31. The van der Waals surface area contributed by atoms with Gasteiger partial charge in [-0.3, -0.25) is 4.79 Å². The summed E-state index contributed by atoms with van der Waals surface area (Å²) in [5.41, 5.74) is 0.315. The van der Waals surface area contributed by atoms with Crippen molar-refractivity contribution < 1.29 is 4.79 Å². The molecule has 1 rings (SSSR count). The van der Waals surface area contributed by atoms with Crippen LogP contribution in [0.2, 0.25) is 0 Å². The minimum atomic E-state index is 0.215. The van der Waals surface area contributed by atoms with Crippen molar-refractivity contribution >= 4 is 17.5 Å². The number of rotatable bonds is 2. The molecule has 1 unspecified atom stereocenters. The van der Waals surface area contributed by atoms with Gasteiger partial charge in [0.25, 0.3) is 0 Å². The molecular formula is C11H20ClNO. The van der Waals surface area contributed by atoms with Crippen molar-refractivity contribution in [2.45, 2.75) is 33.6 Å². The molecule has 1 fully saturated rings. The highest BCUT2D eigenvalue weighted by Crippen LogP contribution is 2.33. The van der Waals surface area contributed by atoms with Gasteiger partial charge in [0.1, 0.15) is 0 Å². The highest BCUT2D eigenvalue weighted by Gasteiger charge is 2.33. The Morgan fingerprint density at radius 1 is 1.50 bits per heavy atom. The number of carbonyl (C=O) groups is 1. The topological polar surface area (TPSA) is 20.3 Å². The highest BCUT2D eigenvalue weighted by atomic mass is 35.5. The van der Waals surface area contributed by atoms with E-state index < -0.39 is 0 Å². The van der Waals surface area contributed by atoms with Gasteiger partial charge >= 0.3 is 0 Å². The standard InChI is InChI=1S/C11H20ClNO/c1-11(2,3)9-5-7-13(8-9)10(14)4-6-12/h9H,4-8H2,1-3H3. The van der Waals surface area contributed by atoms with Crippen molar-refractivity contribution in [3.63, 3.8) is 0 Å². The molecule has 0 aromatic heterocycles. The molecule has 0 bridgehead atoms. The fraction of sp³-hybridized carbons (Fsp3) is 0.909. The second-order valence-electron chi connectivity index (χ2n) is 5.13. The summed E-state index contributed by atoms with van der Waals surface area (Å²) in [5, 5.41) is 0. The monoisotopic (exact) mass is 217 g/mol. The second-order valence-corrected chi connectivity index (χ2v) is 5.51. The van der Waals surface area contributed by atoms with E-state index in [1.165, 1.54) is 0 Å². The van der Waals surface area contributed by atoms with Crippen LogP contribution in [0.3, 0.4) is 0 Å². The van der Waals surface area contributed by atoms with E-state index in [1.807, 2.05) is 4.90 Å². The summed E-state index contributed by atoms with van der Waals surface area (Å²) in [6.07, 6.45) is 1.62. The van der Waals surface area contributed by atoms with Gasteiger partial charge in [-0.05, 0) is 17.8 Å². The van der Waals surface area contributed by atoms with Crippen LogP contribution in [0.1, 0.15) is 33.6 Å². The predicted octanol–water partition coefficient (Wildman–Crippen LogP) is 2.51. The van der Waals surface area contributed by atoms with Crippen molar-refractivity contribution in [2.24, 2.45) is 11.3 Å². The lowest BCUT2D eigenvalue weighted by Gasteiger charge is -2.26. The Bertz CT molecular complexity index is 210. The molecule has 1 atom stereocenters. The molecule has 14 heavy (non-hydrogen) atoms. The Hall–Kier alpha value is -0.240. The lowest BCUT2D eigenvalue weighted by molar-refractivity contribution is -0.129. The zero-order chi connectivity index (χ0) is 10.8. The molecule has 1 amide bonds. The molecule has 0 aliphatic carbocycles. The number of amides is 1. The zero-order valence-corrected chi connectivity index (χ0v) is 10.1. The van der Waals surface area contributed by atoms with E-state index in [0.29, 0.717) is 23.6 Å². The molecule has 0 spiro atoms. The molecule has 1 aliphatic rings. The fourth-order valence-corrected chi connectivity index (χ4v) is 2.09. The summed E-state index contributed by atoms with van der Waals surface area (Å²) in [5.74, 6) is 1.30. The first-order valence-electron chi connectivity index (χ1n) is 5.29. The van der Waals surface area contributed by atoms with Crippen LogP contribution < -0.4 is 0 Å². The maximum absolute atomic E-state index is 11.6. The molecule has 0 N–H and O–H groups in total. The lowest BCUT2D eigenvalue weighted by atomic mass is 9.80. The second kappa shape index (κ2) is 4.52. The Balaban J connectivity index is 2.45. The molecule has 3 heteroatoms. The van der Waals surface area contributed by atoms with E-state index in [4.69, 9.17) is 11.6 Å². The molecule has 1 heterocycles. The summed E-state index contributed by atoms with van der Waals surface area (Å²) in [7, 11) is 0. The van der Waals surface area contributed by atoms with E-state index in [1.54, 1.807) is 0 Å². The van der Waals surface area contributed by atoms with E-state index in [-0.39, 0.29) is 5.91 Å². The number of carbonyl (C=O) groups excluding carboxylic acids is 1. The maximum Gasteiger partial charge on any atom is 0.223 e. The number of nitrogens with zero attached hydrogens (tertiary/aromatic N) is 1. The van der Waals surface area contributed by atoms with E-state index >= 15 is 0 Å². The Kier molecular flexibility index (Phi) is 3.82. The first kappa shape index (κ1) is 11.8. The van der Waals surface area contributed by atoms with Crippen LogP contribution in [0.25, 0.3) is 0 Å². The fourth-order valence-electron chi connectivity index (χ4n) is 1.93. The quantitative estimate of drug-likeness (QED) is 0.651. The Labute approximate surface area is 91.6 Å². The maximum atomic E-state index is 11.6. The van der Waals surface area contributed by atoms with Gasteiger partial charge in [-0.25, -0.2) is 0 Å². The first-order chi connectivity index (χ1) is 6.45. The third kappa shape index (κ3) is 2.88. The molecule has 2 nitrogen and oxygen atoms in total. The normalized spacial score (nSPS) is 22.9. The average molecular weight is 218 g/mol. The van der Waals surface area contributed by atoms with Crippen molar-refractivity contribution in [1.82, 2.24) is 4.90 Å². The number of alkyl halides is 1. The first-order valence-corrected chi connectivity index (χ1v) is 5.82. The summed E-state index contributed by atoms with van der Waals surface area (Å²) >= 11 is 5.55. The van der Waals surface area contributed by atoms with Gasteiger partial charge in [0.05, 0.1) is 0 Å². The SMILES string of the molecule is CC(C)(C)C1CCN(C(=O)CCCl)C1. The Morgan fingerprint density at radius 3 is 2.57 bits per heavy atom. The van der Waals surface area contributed by atoms with Crippen molar-refractivity contribution in [3.05, 3.63) is 0 Å². The van der Waals surface area contributed by atoms with Crippen LogP contribution in [-0.4, -0.2) is 29.8 Å². The highest BCUT2D eigenvalue weighted by molar-refractivity contribution is 6.18. The summed E-state index contributed by atoms with van der Waals surface area (Å²) in [4.78, 5) is 13.5. The van der Waals surface area contributed by atoms with Crippen LogP contribution in [0.5, 0.6) is 0 Å². The molecule has 0 radical (unpaired) electrons. The molecule has 1 aliphatic heterocycles. The average Bonchev–Trinajstić information content (AvgIpc) is 2.51. The third-order valence-electron chi connectivity index (χ3n) is 3.07. The van der Waals surface area contributed by atoms with E-state index in [0.717, 1.165) is 19.5 Å². The van der Waals surface area contributed by atoms with Crippen LogP contribution in [0.4, 0.5) is 0 Å².